The first kappa shape index (κ1) is 28.9. The van der Waals surface area contributed by atoms with Gasteiger partial charge in [-0.3, -0.25) is 9.55 Å². The van der Waals surface area contributed by atoms with Crippen LogP contribution in [-0.2, 0) is 12.7 Å². The average molecular weight is 622 g/mol. The van der Waals surface area contributed by atoms with Crippen molar-refractivity contribution in [2.75, 3.05) is 23.7 Å². The molecule has 0 amide bonds. The first-order valence-electron chi connectivity index (χ1n) is 13.3. The Morgan fingerprint density at radius 3 is 2.38 bits per heavy atom. The van der Waals surface area contributed by atoms with E-state index in [2.05, 4.69) is 15.3 Å². The van der Waals surface area contributed by atoms with Gasteiger partial charge in [-0.05, 0) is 43.7 Å². The van der Waals surface area contributed by atoms with Gasteiger partial charge in [-0.15, -0.1) is 11.8 Å². The van der Waals surface area contributed by atoms with Crippen LogP contribution in [0.4, 0.5) is 27.8 Å². The molecule has 6 nitrogen and oxygen atoms in total. The molecule has 4 heterocycles. The molecule has 4 aromatic rings. The standard InChI is InChI=1S/C29H25ClF5N5OS/c1-14-10-39(11-15(2)37-14)27-19-7-20(29(33,34)35)24(18-8-21(30)23(32)9-22(18)31)26-25(19)40(28(41)38-27)12-17(13-42-26)16-3-5-36-6-4-16/h3-9,14-15,17,37H,10-13H2,1-2H3/t14-,15+,17-/m1/s1. The van der Waals surface area contributed by atoms with Crippen LogP contribution in [0.3, 0.4) is 0 Å². The molecule has 6 rings (SSSR count). The molecule has 3 atom stereocenters. The lowest BCUT2D eigenvalue weighted by Crippen LogP contribution is -2.55. The predicted molar refractivity (Wildman–Crippen MR) is 153 cm³/mol. The number of halogens is 6. The zero-order valence-corrected chi connectivity index (χ0v) is 24.0. The Labute approximate surface area is 246 Å². The second-order valence-electron chi connectivity index (χ2n) is 10.8. The molecule has 0 spiro atoms. The maximum absolute atomic E-state index is 15.3. The average Bonchev–Trinajstić information content (AvgIpc) is 3.13. The summed E-state index contributed by atoms with van der Waals surface area (Å²) in [6.45, 7) is 4.87. The molecule has 2 aromatic carbocycles. The van der Waals surface area contributed by atoms with E-state index < -0.39 is 45.2 Å². The minimum absolute atomic E-state index is 0.00885. The highest BCUT2D eigenvalue weighted by Crippen LogP contribution is 2.50. The lowest BCUT2D eigenvalue weighted by Gasteiger charge is -2.37. The molecule has 2 aliphatic rings. The Bertz CT molecular complexity index is 1740. The minimum Gasteiger partial charge on any atom is -0.353 e. The van der Waals surface area contributed by atoms with E-state index >= 15 is 4.39 Å². The van der Waals surface area contributed by atoms with Gasteiger partial charge >= 0.3 is 11.9 Å². The molecular formula is C29H25ClF5N5OS. The molecule has 42 heavy (non-hydrogen) atoms. The van der Waals surface area contributed by atoms with Crippen LogP contribution < -0.4 is 15.9 Å². The number of anilines is 1. The largest absolute Gasteiger partial charge is 0.417 e. The Hall–Kier alpha value is -3.22. The molecule has 0 saturated carbocycles. The van der Waals surface area contributed by atoms with Crippen LogP contribution in [0.1, 0.15) is 30.9 Å². The van der Waals surface area contributed by atoms with Crippen molar-refractivity contribution in [3.05, 3.63) is 81.0 Å². The van der Waals surface area contributed by atoms with Crippen LogP contribution in [0.15, 0.2) is 52.4 Å². The highest BCUT2D eigenvalue weighted by Gasteiger charge is 2.39. The van der Waals surface area contributed by atoms with Crippen molar-refractivity contribution < 1.29 is 22.0 Å². The summed E-state index contributed by atoms with van der Waals surface area (Å²) in [6, 6.07) is 5.84. The topological polar surface area (TPSA) is 63.1 Å². The summed E-state index contributed by atoms with van der Waals surface area (Å²) < 4.78 is 75.4. The van der Waals surface area contributed by atoms with Crippen LogP contribution in [-0.4, -0.2) is 45.5 Å². The Balaban J connectivity index is 1.71. The number of alkyl halides is 3. The van der Waals surface area contributed by atoms with Crippen LogP contribution in [0.2, 0.25) is 5.02 Å². The van der Waals surface area contributed by atoms with Crippen molar-refractivity contribution in [1.82, 2.24) is 19.9 Å². The molecular weight excluding hydrogens is 597 g/mol. The van der Waals surface area contributed by atoms with Crippen molar-refractivity contribution >= 4 is 40.1 Å². The van der Waals surface area contributed by atoms with E-state index in [1.807, 2.05) is 18.7 Å². The molecule has 13 heteroatoms. The van der Waals surface area contributed by atoms with Gasteiger partial charge in [0.2, 0.25) is 0 Å². The van der Waals surface area contributed by atoms with Gasteiger partial charge < -0.3 is 10.2 Å². The van der Waals surface area contributed by atoms with Gasteiger partial charge in [0, 0.05) is 83.3 Å². The number of rotatable bonds is 3. The maximum Gasteiger partial charge on any atom is 0.417 e. The number of nitrogens with zero attached hydrogens (tertiary/aromatic N) is 4. The molecule has 2 aliphatic heterocycles. The Morgan fingerprint density at radius 2 is 1.71 bits per heavy atom. The van der Waals surface area contributed by atoms with Gasteiger partial charge in [0.1, 0.15) is 17.5 Å². The summed E-state index contributed by atoms with van der Waals surface area (Å²) in [7, 11) is 0. The molecule has 0 bridgehead atoms. The quantitative estimate of drug-likeness (QED) is 0.209. The number of benzene rings is 2. The Morgan fingerprint density at radius 1 is 1.02 bits per heavy atom. The van der Waals surface area contributed by atoms with E-state index in [0.717, 1.165) is 29.5 Å². The number of piperazine rings is 1. The van der Waals surface area contributed by atoms with Crippen molar-refractivity contribution in [3.8, 4) is 11.1 Å². The number of nitrogens with one attached hydrogen (secondary N) is 1. The first-order chi connectivity index (χ1) is 19.9. The minimum atomic E-state index is -4.92. The molecule has 1 fully saturated rings. The molecule has 1 N–H and O–H groups in total. The lowest BCUT2D eigenvalue weighted by atomic mass is 9.95. The third-order valence-electron chi connectivity index (χ3n) is 7.65. The van der Waals surface area contributed by atoms with E-state index in [9.17, 15) is 22.4 Å². The van der Waals surface area contributed by atoms with Gasteiger partial charge in [0.25, 0.3) is 0 Å². The number of hydrogen-bond acceptors (Lipinski definition) is 6. The molecule has 0 radical (unpaired) electrons. The third-order valence-corrected chi connectivity index (χ3v) is 9.19. The molecule has 0 aliphatic carbocycles. The van der Waals surface area contributed by atoms with Crippen LogP contribution in [0, 0.1) is 11.6 Å². The third kappa shape index (κ3) is 5.13. The molecule has 0 unspecified atom stereocenters. The lowest BCUT2D eigenvalue weighted by molar-refractivity contribution is -0.137. The van der Waals surface area contributed by atoms with Crippen LogP contribution in [0.5, 0.6) is 0 Å². The fraction of sp³-hybridized carbons (Fsp3) is 0.345. The van der Waals surface area contributed by atoms with Gasteiger partial charge in [0.15, 0.2) is 0 Å². The zero-order chi connectivity index (χ0) is 29.9. The van der Waals surface area contributed by atoms with Gasteiger partial charge in [0.05, 0.1) is 16.1 Å². The van der Waals surface area contributed by atoms with Gasteiger partial charge in [-0.25, -0.2) is 13.6 Å². The second-order valence-corrected chi connectivity index (χ2v) is 12.2. The van der Waals surface area contributed by atoms with E-state index in [4.69, 9.17) is 11.6 Å². The molecule has 1 saturated heterocycles. The fourth-order valence-corrected chi connectivity index (χ4v) is 7.49. The monoisotopic (exact) mass is 621 g/mol. The van der Waals surface area contributed by atoms with E-state index in [1.54, 1.807) is 24.5 Å². The molecule has 220 valence electrons. The highest BCUT2D eigenvalue weighted by molar-refractivity contribution is 7.99. The van der Waals surface area contributed by atoms with Gasteiger partial charge in [-0.2, -0.15) is 18.2 Å². The highest BCUT2D eigenvalue weighted by atomic mass is 35.5. The van der Waals surface area contributed by atoms with Crippen molar-refractivity contribution in [3.63, 3.8) is 0 Å². The SMILES string of the molecule is C[C@@H]1CN(c2nc(=O)n3c4c(c(-c5cc(Cl)c(F)cc5F)c(C(F)(F)F)cc24)SC[C@H](c2ccncc2)C3)C[C@H](C)N1. The van der Waals surface area contributed by atoms with Crippen LogP contribution >= 0.6 is 23.4 Å². The number of pyridine rings is 1. The summed E-state index contributed by atoms with van der Waals surface area (Å²) in [5, 5.41) is 3.00. The van der Waals surface area contributed by atoms with E-state index in [0.29, 0.717) is 19.2 Å². The van der Waals surface area contributed by atoms with E-state index in [1.165, 1.54) is 4.57 Å². The molecule has 2 aromatic heterocycles. The van der Waals surface area contributed by atoms with E-state index in [-0.39, 0.29) is 51.9 Å². The smallest absolute Gasteiger partial charge is 0.353 e. The van der Waals surface area contributed by atoms with Crippen molar-refractivity contribution in [1.29, 1.82) is 0 Å². The van der Waals surface area contributed by atoms with Crippen LogP contribution in [0.25, 0.3) is 22.0 Å². The van der Waals surface area contributed by atoms with Crippen molar-refractivity contribution in [2.45, 2.75) is 49.5 Å². The first-order valence-corrected chi connectivity index (χ1v) is 14.7. The second kappa shape index (κ2) is 10.8. The summed E-state index contributed by atoms with van der Waals surface area (Å²) >= 11 is 7.06. The Kier molecular flexibility index (Phi) is 7.43. The maximum atomic E-state index is 15.3. The van der Waals surface area contributed by atoms with Crippen molar-refractivity contribution in [2.24, 2.45) is 0 Å². The number of thioether (sulfide) groups is 1. The summed E-state index contributed by atoms with van der Waals surface area (Å²) in [5.41, 5.74) is -1.65. The summed E-state index contributed by atoms with van der Waals surface area (Å²) in [6.07, 6.45) is -1.71. The summed E-state index contributed by atoms with van der Waals surface area (Å²) in [5.74, 6) is -2.15. The number of aromatic nitrogens is 3. The fourth-order valence-electron chi connectivity index (χ4n) is 5.94. The zero-order valence-electron chi connectivity index (χ0n) is 22.5. The van der Waals surface area contributed by atoms with Gasteiger partial charge in [-0.1, -0.05) is 11.6 Å². The summed E-state index contributed by atoms with van der Waals surface area (Å²) in [4.78, 5) is 24.0. The predicted octanol–water partition coefficient (Wildman–Crippen LogP) is 6.49. The normalized spacial score (nSPS) is 21.0. The number of hydrogen-bond donors (Lipinski definition) is 1.